The number of aryl methyl sites for hydroxylation is 1. The Balaban J connectivity index is 2.13. The molecule has 2 rings (SSSR count). The van der Waals surface area contributed by atoms with Crippen molar-refractivity contribution in [1.29, 1.82) is 0 Å². The number of rotatable bonds is 5. The lowest BCUT2D eigenvalue weighted by molar-refractivity contribution is 0.566. The monoisotopic (exact) mass is 322 g/mol. The smallest absolute Gasteiger partial charge is 0.283 e. The molecule has 5 nitrogen and oxygen atoms in total. The molecule has 0 bridgehead atoms. The molecule has 0 aliphatic rings. The van der Waals surface area contributed by atoms with Crippen molar-refractivity contribution in [3.63, 3.8) is 0 Å². The van der Waals surface area contributed by atoms with E-state index in [4.69, 9.17) is 0 Å². The summed E-state index contributed by atoms with van der Waals surface area (Å²) in [5.41, 5.74) is 1.63. The summed E-state index contributed by atoms with van der Waals surface area (Å²) in [4.78, 5) is 16.0. The molecule has 1 N–H and O–H groups in total. The van der Waals surface area contributed by atoms with E-state index in [1.165, 1.54) is 4.68 Å². The summed E-state index contributed by atoms with van der Waals surface area (Å²) in [5, 5.41) is 7.31. The number of nitrogens with zero attached hydrogens (tertiary/aromatic N) is 3. The fourth-order valence-corrected chi connectivity index (χ4v) is 2.11. The number of nitrogens with one attached hydrogen (secondary N) is 1. The van der Waals surface area contributed by atoms with Gasteiger partial charge in [0.25, 0.3) is 5.56 Å². The van der Waals surface area contributed by atoms with E-state index in [1.54, 1.807) is 18.6 Å². The molecule has 100 valence electrons. The fraction of sp³-hybridized carbons (Fsp3) is 0.308. The van der Waals surface area contributed by atoms with E-state index in [1.807, 2.05) is 19.1 Å². The Kier molecular flexibility index (Phi) is 4.68. The third-order valence-electron chi connectivity index (χ3n) is 2.63. The van der Waals surface area contributed by atoms with Crippen LogP contribution in [0.1, 0.15) is 18.9 Å². The minimum Gasteiger partial charge on any atom is -0.379 e. The normalized spacial score (nSPS) is 10.4. The molecule has 0 atom stereocenters. The number of pyridine rings is 1. The average Bonchev–Trinajstić information content (AvgIpc) is 2.44. The van der Waals surface area contributed by atoms with E-state index >= 15 is 0 Å². The lowest BCUT2D eigenvalue weighted by Crippen LogP contribution is -2.24. The van der Waals surface area contributed by atoms with Gasteiger partial charge in [0.05, 0.1) is 11.9 Å². The maximum absolute atomic E-state index is 12.0. The van der Waals surface area contributed by atoms with Crippen LogP contribution >= 0.6 is 15.9 Å². The lowest BCUT2D eigenvalue weighted by atomic mass is 10.3. The largest absolute Gasteiger partial charge is 0.379 e. The van der Waals surface area contributed by atoms with Crippen molar-refractivity contribution in [1.82, 2.24) is 14.8 Å². The van der Waals surface area contributed by atoms with Crippen molar-refractivity contribution in [2.24, 2.45) is 0 Å². The van der Waals surface area contributed by atoms with Crippen molar-refractivity contribution >= 4 is 21.6 Å². The van der Waals surface area contributed by atoms with Gasteiger partial charge in [0.1, 0.15) is 4.47 Å². The molecule has 0 radical (unpaired) electrons. The van der Waals surface area contributed by atoms with Crippen LogP contribution in [0.4, 0.5) is 5.69 Å². The summed E-state index contributed by atoms with van der Waals surface area (Å²) in [5.74, 6) is 0. The maximum Gasteiger partial charge on any atom is 0.283 e. The second-order valence-corrected chi connectivity index (χ2v) is 4.91. The van der Waals surface area contributed by atoms with Crippen LogP contribution in [0.2, 0.25) is 0 Å². The summed E-state index contributed by atoms with van der Waals surface area (Å²) in [6.07, 6.45) is 6.05. The van der Waals surface area contributed by atoms with Crippen molar-refractivity contribution in [3.8, 4) is 0 Å². The number of halogens is 1. The highest BCUT2D eigenvalue weighted by atomic mass is 79.9. The highest BCUT2D eigenvalue weighted by Crippen LogP contribution is 2.17. The van der Waals surface area contributed by atoms with Crippen molar-refractivity contribution in [2.45, 2.75) is 26.4 Å². The van der Waals surface area contributed by atoms with E-state index in [9.17, 15) is 4.79 Å². The fourth-order valence-electron chi connectivity index (χ4n) is 1.66. The molecule has 0 aliphatic carbocycles. The van der Waals surface area contributed by atoms with Gasteiger partial charge in [0.2, 0.25) is 0 Å². The molecule has 0 amide bonds. The minimum absolute atomic E-state index is 0.113. The van der Waals surface area contributed by atoms with Crippen molar-refractivity contribution in [2.75, 3.05) is 5.32 Å². The van der Waals surface area contributed by atoms with E-state index in [0.29, 0.717) is 23.2 Å². The molecule has 2 aromatic rings. The maximum atomic E-state index is 12.0. The molecule has 0 aliphatic heterocycles. The minimum atomic E-state index is -0.113. The van der Waals surface area contributed by atoms with Gasteiger partial charge in [-0.3, -0.25) is 9.78 Å². The Morgan fingerprint density at radius 1 is 1.42 bits per heavy atom. The van der Waals surface area contributed by atoms with Crippen LogP contribution in [0.25, 0.3) is 0 Å². The van der Waals surface area contributed by atoms with Crippen molar-refractivity contribution in [3.05, 3.63) is 51.1 Å². The topological polar surface area (TPSA) is 59.8 Å². The zero-order chi connectivity index (χ0) is 13.7. The van der Waals surface area contributed by atoms with Gasteiger partial charge in [-0.25, -0.2) is 4.68 Å². The van der Waals surface area contributed by atoms with E-state index in [2.05, 4.69) is 31.3 Å². The molecule has 0 unspecified atom stereocenters. The highest BCUT2D eigenvalue weighted by molar-refractivity contribution is 9.10. The first-order valence-electron chi connectivity index (χ1n) is 6.10. The SMILES string of the molecule is CCCn1ncc(NCc2cccnc2)c(Br)c1=O. The molecular formula is C13H15BrN4O. The summed E-state index contributed by atoms with van der Waals surface area (Å²) >= 11 is 3.32. The zero-order valence-corrected chi connectivity index (χ0v) is 12.2. The molecule has 0 fully saturated rings. The quantitative estimate of drug-likeness (QED) is 0.918. The molecule has 0 saturated carbocycles. The number of anilines is 1. The first-order chi connectivity index (χ1) is 9.22. The van der Waals surface area contributed by atoms with Crippen LogP contribution in [0.5, 0.6) is 0 Å². The molecule has 2 aromatic heterocycles. The molecule has 2 heterocycles. The number of hydrogen-bond acceptors (Lipinski definition) is 4. The van der Waals surface area contributed by atoms with Gasteiger partial charge in [0.15, 0.2) is 0 Å². The predicted molar refractivity (Wildman–Crippen MR) is 78.1 cm³/mol. The van der Waals surface area contributed by atoms with Gasteiger partial charge in [-0.15, -0.1) is 0 Å². The van der Waals surface area contributed by atoms with Gasteiger partial charge >= 0.3 is 0 Å². The van der Waals surface area contributed by atoms with Crippen LogP contribution in [-0.2, 0) is 13.1 Å². The van der Waals surface area contributed by atoms with Gasteiger partial charge in [-0.05, 0) is 34.0 Å². The van der Waals surface area contributed by atoms with Gasteiger partial charge in [-0.2, -0.15) is 5.10 Å². The Bertz CT molecular complexity index is 597. The highest BCUT2D eigenvalue weighted by Gasteiger charge is 2.07. The molecule has 0 saturated heterocycles. The Morgan fingerprint density at radius 2 is 2.26 bits per heavy atom. The van der Waals surface area contributed by atoms with E-state index < -0.39 is 0 Å². The Labute approximate surface area is 119 Å². The third kappa shape index (κ3) is 3.41. The standard InChI is InChI=1S/C13H15BrN4O/c1-2-6-18-13(19)12(14)11(9-17-18)16-8-10-4-3-5-15-7-10/h3-5,7,9,16H,2,6,8H2,1H3. The van der Waals surface area contributed by atoms with Gasteiger partial charge < -0.3 is 5.32 Å². The summed E-state index contributed by atoms with van der Waals surface area (Å²) < 4.78 is 1.97. The van der Waals surface area contributed by atoms with Crippen molar-refractivity contribution < 1.29 is 0 Å². The van der Waals surface area contributed by atoms with Crippen LogP contribution in [0, 0.1) is 0 Å². The molecule has 19 heavy (non-hydrogen) atoms. The summed E-state index contributed by atoms with van der Waals surface area (Å²) in [7, 11) is 0. The third-order valence-corrected chi connectivity index (χ3v) is 3.39. The van der Waals surface area contributed by atoms with Crippen LogP contribution in [-0.4, -0.2) is 14.8 Å². The second kappa shape index (κ2) is 6.47. The molecule has 6 heteroatoms. The first kappa shape index (κ1) is 13.7. The van der Waals surface area contributed by atoms with Crippen LogP contribution < -0.4 is 10.9 Å². The molecule has 0 aromatic carbocycles. The average molecular weight is 323 g/mol. The lowest BCUT2D eigenvalue weighted by Gasteiger charge is -2.09. The molecule has 0 spiro atoms. The molecular weight excluding hydrogens is 308 g/mol. The van der Waals surface area contributed by atoms with Gasteiger partial charge in [0, 0.05) is 25.5 Å². The van der Waals surface area contributed by atoms with Gasteiger partial charge in [-0.1, -0.05) is 13.0 Å². The predicted octanol–water partition coefficient (Wildman–Crippen LogP) is 2.42. The Morgan fingerprint density at radius 3 is 2.95 bits per heavy atom. The van der Waals surface area contributed by atoms with Crippen LogP contribution in [0.15, 0.2) is 40.0 Å². The van der Waals surface area contributed by atoms with Crippen LogP contribution in [0.3, 0.4) is 0 Å². The number of aromatic nitrogens is 3. The zero-order valence-electron chi connectivity index (χ0n) is 10.6. The second-order valence-electron chi connectivity index (χ2n) is 4.12. The summed E-state index contributed by atoms with van der Waals surface area (Å²) in [6.45, 7) is 3.24. The van der Waals surface area contributed by atoms with E-state index in [0.717, 1.165) is 12.0 Å². The van der Waals surface area contributed by atoms with E-state index in [-0.39, 0.29) is 5.56 Å². The number of hydrogen-bond donors (Lipinski definition) is 1. The Hall–Kier alpha value is -1.69. The summed E-state index contributed by atoms with van der Waals surface area (Å²) in [6, 6.07) is 3.85. The first-order valence-corrected chi connectivity index (χ1v) is 6.90.